The number of hydrogen-bond acceptors (Lipinski definition) is 5. The summed E-state index contributed by atoms with van der Waals surface area (Å²) in [6.45, 7) is 2.62. The number of nitrogens with zero attached hydrogens (tertiary/aromatic N) is 1. The van der Waals surface area contributed by atoms with E-state index in [1.165, 1.54) is 0 Å². The fourth-order valence-electron chi connectivity index (χ4n) is 3.16. The molecule has 7 heteroatoms. The molecule has 3 rings (SSSR count). The Hall–Kier alpha value is -3.48. The third-order valence-corrected chi connectivity index (χ3v) is 4.62. The highest BCUT2D eigenvalue weighted by molar-refractivity contribution is 5.97. The van der Waals surface area contributed by atoms with Gasteiger partial charge < -0.3 is 24.1 Å². The molecule has 0 bridgehead atoms. The van der Waals surface area contributed by atoms with E-state index >= 15 is 0 Å². The molecular weight excluding hydrogens is 372 g/mol. The number of aryl methyl sites for hydroxylation is 1. The molecule has 152 valence electrons. The fourth-order valence-corrected chi connectivity index (χ4v) is 3.16. The van der Waals surface area contributed by atoms with Crippen LogP contribution in [0, 0.1) is 0 Å². The predicted molar refractivity (Wildman–Crippen MR) is 111 cm³/mol. The van der Waals surface area contributed by atoms with E-state index in [4.69, 9.17) is 14.2 Å². The van der Waals surface area contributed by atoms with Crippen molar-refractivity contribution in [3.8, 4) is 17.2 Å². The predicted octanol–water partition coefficient (Wildman–Crippen LogP) is 2.88. The quantitative estimate of drug-likeness (QED) is 0.664. The van der Waals surface area contributed by atoms with Gasteiger partial charge in [0.25, 0.3) is 5.91 Å². The number of rotatable bonds is 7. The molecule has 2 aromatic carbocycles. The Bertz CT molecular complexity index is 1100. The Morgan fingerprint density at radius 1 is 1.07 bits per heavy atom. The summed E-state index contributed by atoms with van der Waals surface area (Å²) in [5.74, 6) is 1.34. The number of methoxy groups -OCH3 is 2. The molecular formula is C22H24N2O5. The molecule has 0 fully saturated rings. The molecule has 0 unspecified atom stereocenters. The molecule has 0 atom stereocenters. The average Bonchev–Trinajstić information content (AvgIpc) is 2.74. The Morgan fingerprint density at radius 2 is 1.83 bits per heavy atom. The highest BCUT2D eigenvalue weighted by Crippen LogP contribution is 2.27. The van der Waals surface area contributed by atoms with Crippen LogP contribution in [0.2, 0.25) is 0 Å². The normalized spacial score (nSPS) is 10.6. The molecule has 0 spiro atoms. The van der Waals surface area contributed by atoms with Crippen LogP contribution < -0.4 is 25.0 Å². The minimum Gasteiger partial charge on any atom is -0.494 e. The summed E-state index contributed by atoms with van der Waals surface area (Å²) in [5.41, 5.74) is 1.31. The van der Waals surface area contributed by atoms with E-state index < -0.39 is 5.91 Å². The van der Waals surface area contributed by atoms with Gasteiger partial charge in [-0.1, -0.05) is 6.07 Å². The first-order chi connectivity index (χ1) is 14.0. The van der Waals surface area contributed by atoms with E-state index in [-0.39, 0.29) is 17.5 Å². The number of carbonyl (C=O) groups is 1. The number of pyridine rings is 1. The van der Waals surface area contributed by atoms with E-state index in [0.717, 1.165) is 11.1 Å². The minimum absolute atomic E-state index is 0.0779. The maximum absolute atomic E-state index is 12.9. The van der Waals surface area contributed by atoms with Crippen LogP contribution in [-0.2, 0) is 13.6 Å². The van der Waals surface area contributed by atoms with Gasteiger partial charge in [-0.3, -0.25) is 9.59 Å². The molecule has 7 nitrogen and oxygen atoms in total. The van der Waals surface area contributed by atoms with Gasteiger partial charge in [-0.2, -0.15) is 0 Å². The monoisotopic (exact) mass is 396 g/mol. The number of ether oxygens (including phenoxy) is 3. The maximum Gasteiger partial charge on any atom is 0.257 e. The first kappa shape index (κ1) is 20.3. The van der Waals surface area contributed by atoms with Crippen LogP contribution in [0.5, 0.6) is 17.2 Å². The van der Waals surface area contributed by atoms with Crippen molar-refractivity contribution in [1.82, 2.24) is 9.88 Å². The van der Waals surface area contributed by atoms with Crippen LogP contribution >= 0.6 is 0 Å². The number of hydrogen-bond donors (Lipinski definition) is 1. The van der Waals surface area contributed by atoms with Crippen molar-refractivity contribution in [2.75, 3.05) is 20.8 Å². The van der Waals surface area contributed by atoms with Gasteiger partial charge in [0, 0.05) is 19.8 Å². The van der Waals surface area contributed by atoms with Crippen molar-refractivity contribution in [2.45, 2.75) is 13.5 Å². The molecule has 0 aliphatic carbocycles. The Kier molecular flexibility index (Phi) is 6.07. The van der Waals surface area contributed by atoms with Crippen molar-refractivity contribution < 1.29 is 19.0 Å². The van der Waals surface area contributed by atoms with Crippen LogP contribution in [0.3, 0.4) is 0 Å². The molecule has 3 aromatic rings. The van der Waals surface area contributed by atoms with Crippen LogP contribution in [0.1, 0.15) is 22.8 Å². The molecule has 29 heavy (non-hydrogen) atoms. The standard InChI is InChI=1S/C22H24N2O5/c1-5-29-15-7-8-18-16(11-15)21(25)17(13-24(18)2)22(26)23-12-14-6-9-19(27-3)20(10-14)28-4/h6-11,13H,5,12H2,1-4H3,(H,23,26). The number of fused-ring (bicyclic) bond motifs is 1. The molecule has 0 aliphatic rings. The SMILES string of the molecule is CCOc1ccc2c(c1)c(=O)c(C(=O)NCc1ccc(OC)c(OC)c1)cn2C. The van der Waals surface area contributed by atoms with Crippen molar-refractivity contribution >= 4 is 16.8 Å². The van der Waals surface area contributed by atoms with Crippen LogP contribution in [0.15, 0.2) is 47.4 Å². The van der Waals surface area contributed by atoms with Gasteiger partial charge in [0.1, 0.15) is 11.3 Å². The molecule has 1 N–H and O–H groups in total. The van der Waals surface area contributed by atoms with Crippen molar-refractivity contribution in [1.29, 1.82) is 0 Å². The summed E-state index contributed by atoms with van der Waals surface area (Å²) in [7, 11) is 4.91. The summed E-state index contributed by atoms with van der Waals surface area (Å²) < 4.78 is 17.7. The van der Waals surface area contributed by atoms with Crippen molar-refractivity contribution in [3.63, 3.8) is 0 Å². The summed E-state index contributed by atoms with van der Waals surface area (Å²) in [6, 6.07) is 10.7. The van der Waals surface area contributed by atoms with E-state index in [1.807, 2.05) is 25.1 Å². The number of carbonyl (C=O) groups excluding carboxylic acids is 1. The van der Waals surface area contributed by atoms with Crippen LogP contribution in [-0.4, -0.2) is 31.3 Å². The van der Waals surface area contributed by atoms with Gasteiger partial charge in [-0.25, -0.2) is 0 Å². The second kappa shape index (κ2) is 8.68. The lowest BCUT2D eigenvalue weighted by Crippen LogP contribution is -2.29. The lowest BCUT2D eigenvalue weighted by atomic mass is 10.1. The lowest BCUT2D eigenvalue weighted by molar-refractivity contribution is 0.0949. The van der Waals surface area contributed by atoms with E-state index in [9.17, 15) is 9.59 Å². The molecule has 0 aliphatic heterocycles. The smallest absolute Gasteiger partial charge is 0.257 e. The van der Waals surface area contributed by atoms with Crippen LogP contribution in [0.25, 0.3) is 10.9 Å². The van der Waals surface area contributed by atoms with Crippen molar-refractivity contribution in [2.24, 2.45) is 7.05 Å². The topological polar surface area (TPSA) is 78.8 Å². The Morgan fingerprint density at radius 3 is 2.52 bits per heavy atom. The third-order valence-electron chi connectivity index (χ3n) is 4.62. The summed E-state index contributed by atoms with van der Waals surface area (Å²) in [5, 5.41) is 3.24. The van der Waals surface area contributed by atoms with Gasteiger partial charge in [-0.05, 0) is 42.8 Å². The van der Waals surface area contributed by atoms with E-state index in [1.54, 1.807) is 50.2 Å². The average molecular weight is 396 g/mol. The first-order valence-corrected chi connectivity index (χ1v) is 9.23. The fraction of sp³-hybridized carbons (Fsp3) is 0.273. The number of aromatic nitrogens is 1. The molecule has 0 saturated heterocycles. The van der Waals surface area contributed by atoms with Gasteiger partial charge in [0.15, 0.2) is 11.5 Å². The van der Waals surface area contributed by atoms with Gasteiger partial charge in [0.2, 0.25) is 5.43 Å². The molecule has 0 radical (unpaired) electrons. The van der Waals surface area contributed by atoms with Crippen molar-refractivity contribution in [3.05, 3.63) is 63.9 Å². The zero-order chi connectivity index (χ0) is 21.0. The summed E-state index contributed by atoms with van der Waals surface area (Å²) in [6.07, 6.45) is 1.55. The Balaban J connectivity index is 1.87. The summed E-state index contributed by atoms with van der Waals surface area (Å²) in [4.78, 5) is 25.6. The zero-order valence-corrected chi connectivity index (χ0v) is 16.9. The van der Waals surface area contributed by atoms with Crippen LogP contribution in [0.4, 0.5) is 0 Å². The molecule has 1 aromatic heterocycles. The largest absolute Gasteiger partial charge is 0.494 e. The van der Waals surface area contributed by atoms with Gasteiger partial charge in [0.05, 0.1) is 31.7 Å². The highest BCUT2D eigenvalue weighted by Gasteiger charge is 2.15. The molecule has 0 saturated carbocycles. The second-order valence-corrected chi connectivity index (χ2v) is 6.47. The van der Waals surface area contributed by atoms with E-state index in [2.05, 4.69) is 5.32 Å². The summed E-state index contributed by atoms with van der Waals surface area (Å²) >= 11 is 0. The first-order valence-electron chi connectivity index (χ1n) is 9.23. The second-order valence-electron chi connectivity index (χ2n) is 6.47. The third kappa shape index (κ3) is 4.18. The number of amides is 1. The van der Waals surface area contributed by atoms with Gasteiger partial charge >= 0.3 is 0 Å². The number of nitrogens with one attached hydrogen (secondary N) is 1. The molecule has 1 amide bonds. The van der Waals surface area contributed by atoms with Gasteiger partial charge in [-0.15, -0.1) is 0 Å². The molecule has 1 heterocycles. The van der Waals surface area contributed by atoms with E-state index in [0.29, 0.717) is 29.2 Å². The lowest BCUT2D eigenvalue weighted by Gasteiger charge is -2.12. The minimum atomic E-state index is -0.441. The highest BCUT2D eigenvalue weighted by atomic mass is 16.5. The zero-order valence-electron chi connectivity index (χ0n) is 16.9. The number of benzene rings is 2. The maximum atomic E-state index is 12.9. The Labute approximate surface area is 168 Å².